The van der Waals surface area contributed by atoms with Crippen LogP contribution in [0.4, 0.5) is 5.69 Å². The summed E-state index contributed by atoms with van der Waals surface area (Å²) in [5.74, 6) is 1.42. The molecule has 2 rings (SSSR count). The standard InChI is InChI=1S/C18H23NO/c1-12(2)16-11-17(13(3)9-18(16)20-5)14-7-6-8-15(10-14)19-4/h6-12,19H,1-5H3. The lowest BCUT2D eigenvalue weighted by Gasteiger charge is -2.16. The molecule has 0 radical (unpaired) electrons. The van der Waals surface area contributed by atoms with Crippen LogP contribution in [-0.2, 0) is 0 Å². The van der Waals surface area contributed by atoms with Gasteiger partial charge in [0.15, 0.2) is 0 Å². The average Bonchev–Trinajstić information content (AvgIpc) is 2.46. The molecule has 2 heteroatoms. The lowest BCUT2D eigenvalue weighted by Crippen LogP contribution is -1.97. The van der Waals surface area contributed by atoms with Crippen LogP contribution in [-0.4, -0.2) is 14.2 Å². The smallest absolute Gasteiger partial charge is 0.122 e. The minimum Gasteiger partial charge on any atom is -0.496 e. The average molecular weight is 269 g/mol. The molecule has 0 heterocycles. The maximum Gasteiger partial charge on any atom is 0.122 e. The summed E-state index contributed by atoms with van der Waals surface area (Å²) in [4.78, 5) is 0. The fourth-order valence-electron chi connectivity index (χ4n) is 2.48. The minimum absolute atomic E-state index is 0.441. The number of benzene rings is 2. The second kappa shape index (κ2) is 6.00. The van der Waals surface area contributed by atoms with E-state index >= 15 is 0 Å². The van der Waals surface area contributed by atoms with Gasteiger partial charge in [0.25, 0.3) is 0 Å². The summed E-state index contributed by atoms with van der Waals surface area (Å²) in [5, 5.41) is 3.19. The van der Waals surface area contributed by atoms with E-state index in [9.17, 15) is 0 Å². The first kappa shape index (κ1) is 14.4. The van der Waals surface area contributed by atoms with Gasteiger partial charge in [-0.25, -0.2) is 0 Å². The molecule has 0 aliphatic heterocycles. The molecule has 20 heavy (non-hydrogen) atoms. The molecular weight excluding hydrogens is 246 g/mol. The van der Waals surface area contributed by atoms with Crippen LogP contribution in [0.15, 0.2) is 36.4 Å². The topological polar surface area (TPSA) is 21.3 Å². The molecule has 0 amide bonds. The molecule has 2 aromatic rings. The van der Waals surface area contributed by atoms with Gasteiger partial charge in [-0.15, -0.1) is 0 Å². The molecule has 2 aromatic carbocycles. The Morgan fingerprint density at radius 2 is 1.85 bits per heavy atom. The monoisotopic (exact) mass is 269 g/mol. The summed E-state index contributed by atoms with van der Waals surface area (Å²) < 4.78 is 5.51. The normalized spacial score (nSPS) is 10.7. The van der Waals surface area contributed by atoms with Crippen LogP contribution in [0.25, 0.3) is 11.1 Å². The number of ether oxygens (including phenoxy) is 1. The Balaban J connectivity index is 2.58. The van der Waals surface area contributed by atoms with Crippen LogP contribution < -0.4 is 10.1 Å². The molecular formula is C18H23NO. The summed E-state index contributed by atoms with van der Waals surface area (Å²) in [6, 6.07) is 12.9. The van der Waals surface area contributed by atoms with E-state index in [0.29, 0.717) is 5.92 Å². The summed E-state index contributed by atoms with van der Waals surface area (Å²) in [5.41, 5.74) is 6.12. The van der Waals surface area contributed by atoms with Gasteiger partial charge in [0, 0.05) is 12.7 Å². The molecule has 0 unspecified atom stereocenters. The highest BCUT2D eigenvalue weighted by atomic mass is 16.5. The molecule has 0 bridgehead atoms. The van der Waals surface area contributed by atoms with E-state index in [0.717, 1.165) is 11.4 Å². The number of anilines is 1. The van der Waals surface area contributed by atoms with Crippen molar-refractivity contribution in [2.75, 3.05) is 19.5 Å². The van der Waals surface area contributed by atoms with Gasteiger partial charge in [-0.2, -0.15) is 0 Å². The maximum absolute atomic E-state index is 5.51. The number of aryl methyl sites for hydroxylation is 1. The largest absolute Gasteiger partial charge is 0.496 e. The Labute approximate surface area is 121 Å². The molecule has 0 spiro atoms. The van der Waals surface area contributed by atoms with Crippen molar-refractivity contribution >= 4 is 5.69 Å². The highest BCUT2D eigenvalue weighted by Crippen LogP contribution is 2.35. The van der Waals surface area contributed by atoms with Crippen molar-refractivity contribution in [3.05, 3.63) is 47.5 Å². The predicted molar refractivity (Wildman–Crippen MR) is 86.8 cm³/mol. The summed E-state index contributed by atoms with van der Waals surface area (Å²) >= 11 is 0. The molecule has 2 nitrogen and oxygen atoms in total. The number of hydrogen-bond donors (Lipinski definition) is 1. The second-order valence-electron chi connectivity index (χ2n) is 5.39. The van der Waals surface area contributed by atoms with Gasteiger partial charge in [0.2, 0.25) is 0 Å². The van der Waals surface area contributed by atoms with Gasteiger partial charge in [-0.1, -0.05) is 26.0 Å². The number of methoxy groups -OCH3 is 1. The van der Waals surface area contributed by atoms with Crippen molar-refractivity contribution in [2.45, 2.75) is 26.7 Å². The third-order valence-electron chi connectivity index (χ3n) is 3.66. The van der Waals surface area contributed by atoms with Crippen molar-refractivity contribution < 1.29 is 4.74 Å². The molecule has 0 fully saturated rings. The first-order chi connectivity index (χ1) is 9.56. The summed E-state index contributed by atoms with van der Waals surface area (Å²) in [6.07, 6.45) is 0. The SMILES string of the molecule is CNc1cccc(-c2cc(C(C)C)c(OC)cc2C)c1. The predicted octanol–water partition coefficient (Wildman–Crippen LogP) is 4.84. The zero-order valence-corrected chi connectivity index (χ0v) is 12.9. The van der Waals surface area contributed by atoms with Gasteiger partial charge >= 0.3 is 0 Å². The van der Waals surface area contributed by atoms with Gasteiger partial charge < -0.3 is 10.1 Å². The minimum atomic E-state index is 0.441. The van der Waals surface area contributed by atoms with Gasteiger partial charge in [-0.05, 0) is 59.4 Å². The number of nitrogens with one attached hydrogen (secondary N) is 1. The van der Waals surface area contributed by atoms with Crippen molar-refractivity contribution in [3.63, 3.8) is 0 Å². The molecule has 0 saturated heterocycles. The lowest BCUT2D eigenvalue weighted by atomic mass is 9.93. The zero-order valence-electron chi connectivity index (χ0n) is 12.9. The molecule has 0 aliphatic carbocycles. The Morgan fingerprint density at radius 1 is 1.10 bits per heavy atom. The van der Waals surface area contributed by atoms with Gasteiger partial charge in [0.1, 0.15) is 5.75 Å². The molecule has 0 aliphatic rings. The van der Waals surface area contributed by atoms with Crippen LogP contribution in [0.3, 0.4) is 0 Å². The molecule has 106 valence electrons. The first-order valence-electron chi connectivity index (χ1n) is 7.03. The fourth-order valence-corrected chi connectivity index (χ4v) is 2.48. The lowest BCUT2D eigenvalue weighted by molar-refractivity contribution is 0.407. The third kappa shape index (κ3) is 2.79. The van der Waals surface area contributed by atoms with Crippen LogP contribution in [0, 0.1) is 6.92 Å². The summed E-state index contributed by atoms with van der Waals surface area (Å²) in [7, 11) is 3.68. The molecule has 0 atom stereocenters. The Bertz CT molecular complexity index is 602. The van der Waals surface area contributed by atoms with Crippen molar-refractivity contribution in [1.29, 1.82) is 0 Å². The molecule has 0 aromatic heterocycles. The molecule has 0 saturated carbocycles. The maximum atomic E-state index is 5.51. The van der Waals surface area contributed by atoms with Gasteiger partial charge in [0.05, 0.1) is 7.11 Å². The Hall–Kier alpha value is -1.96. The van der Waals surface area contributed by atoms with Crippen molar-refractivity contribution in [3.8, 4) is 16.9 Å². The summed E-state index contributed by atoms with van der Waals surface area (Å²) in [6.45, 7) is 6.52. The van der Waals surface area contributed by atoms with E-state index in [-0.39, 0.29) is 0 Å². The number of hydrogen-bond acceptors (Lipinski definition) is 2. The quantitative estimate of drug-likeness (QED) is 0.858. The van der Waals surface area contributed by atoms with Crippen LogP contribution in [0.1, 0.15) is 30.9 Å². The van der Waals surface area contributed by atoms with E-state index < -0.39 is 0 Å². The van der Waals surface area contributed by atoms with E-state index in [1.807, 2.05) is 7.05 Å². The zero-order chi connectivity index (χ0) is 14.7. The highest BCUT2D eigenvalue weighted by molar-refractivity contribution is 5.73. The van der Waals surface area contributed by atoms with Crippen molar-refractivity contribution in [2.24, 2.45) is 0 Å². The Morgan fingerprint density at radius 3 is 2.45 bits per heavy atom. The van der Waals surface area contributed by atoms with E-state index in [1.165, 1.54) is 22.3 Å². The highest BCUT2D eigenvalue weighted by Gasteiger charge is 2.12. The van der Waals surface area contributed by atoms with E-state index in [1.54, 1.807) is 7.11 Å². The molecule has 1 N–H and O–H groups in total. The van der Waals surface area contributed by atoms with Crippen LogP contribution in [0.5, 0.6) is 5.75 Å². The van der Waals surface area contributed by atoms with Crippen molar-refractivity contribution in [1.82, 2.24) is 0 Å². The van der Waals surface area contributed by atoms with E-state index in [4.69, 9.17) is 4.74 Å². The van der Waals surface area contributed by atoms with E-state index in [2.05, 4.69) is 62.5 Å². The Kier molecular flexibility index (Phi) is 4.33. The first-order valence-corrected chi connectivity index (χ1v) is 7.03. The second-order valence-corrected chi connectivity index (χ2v) is 5.39. The third-order valence-corrected chi connectivity index (χ3v) is 3.66. The van der Waals surface area contributed by atoms with Crippen LogP contribution in [0.2, 0.25) is 0 Å². The van der Waals surface area contributed by atoms with Crippen LogP contribution >= 0.6 is 0 Å². The fraction of sp³-hybridized carbons (Fsp3) is 0.333. The van der Waals surface area contributed by atoms with Gasteiger partial charge in [-0.3, -0.25) is 0 Å². The number of rotatable bonds is 4.